The second-order valence-corrected chi connectivity index (χ2v) is 11.7. The highest BCUT2D eigenvalue weighted by atomic mass is 28.4. The SMILES string of the molecule is CC(C)(C)[Si](C)(C)OCC[C@@H]1C(=O)N[C@@H]1CCC=O. The lowest BCUT2D eigenvalue weighted by atomic mass is 9.85. The summed E-state index contributed by atoms with van der Waals surface area (Å²) in [7, 11) is -1.72. The molecule has 1 aliphatic rings. The fourth-order valence-electron chi connectivity index (χ4n) is 1.99. The van der Waals surface area contributed by atoms with E-state index in [1.807, 2.05) is 0 Å². The van der Waals surface area contributed by atoms with Crippen molar-refractivity contribution in [2.24, 2.45) is 5.92 Å². The van der Waals surface area contributed by atoms with Gasteiger partial charge in [-0.25, -0.2) is 0 Å². The minimum absolute atomic E-state index is 0.0321. The van der Waals surface area contributed by atoms with Gasteiger partial charge in [0, 0.05) is 19.1 Å². The predicted molar refractivity (Wildman–Crippen MR) is 78.5 cm³/mol. The maximum atomic E-state index is 11.5. The Morgan fingerprint density at radius 3 is 2.42 bits per heavy atom. The third kappa shape index (κ3) is 4.14. The molecule has 0 unspecified atom stereocenters. The van der Waals surface area contributed by atoms with Crippen LogP contribution in [0, 0.1) is 5.92 Å². The van der Waals surface area contributed by atoms with E-state index in [9.17, 15) is 9.59 Å². The van der Waals surface area contributed by atoms with Gasteiger partial charge in [0.1, 0.15) is 6.29 Å². The molecule has 110 valence electrons. The zero-order chi connectivity index (χ0) is 14.7. The Hall–Kier alpha value is -0.683. The molecule has 1 heterocycles. The molecular formula is C14H27NO3Si. The van der Waals surface area contributed by atoms with Crippen molar-refractivity contribution in [2.45, 2.75) is 64.2 Å². The minimum atomic E-state index is -1.72. The largest absolute Gasteiger partial charge is 0.417 e. The van der Waals surface area contributed by atoms with Crippen LogP contribution >= 0.6 is 0 Å². The first kappa shape index (κ1) is 16.4. The topological polar surface area (TPSA) is 55.4 Å². The monoisotopic (exact) mass is 285 g/mol. The number of β-lactam (4-membered cyclic amide) rings is 1. The number of carbonyl (C=O) groups excluding carboxylic acids is 2. The zero-order valence-electron chi connectivity index (χ0n) is 12.8. The standard InChI is InChI=1S/C14H27NO3Si/c1-14(2,3)19(4,5)18-10-8-11-12(7-6-9-16)15-13(11)17/h9,11-12H,6-8,10H2,1-5H3,(H,15,17)/t11-,12+/m0/s1. The summed E-state index contributed by atoms with van der Waals surface area (Å²) in [5.74, 6) is 0.138. The van der Waals surface area contributed by atoms with Crippen LogP contribution < -0.4 is 5.32 Å². The zero-order valence-corrected chi connectivity index (χ0v) is 13.8. The van der Waals surface area contributed by atoms with Gasteiger partial charge in [0.15, 0.2) is 8.32 Å². The van der Waals surface area contributed by atoms with Gasteiger partial charge in [0.2, 0.25) is 5.91 Å². The van der Waals surface area contributed by atoms with E-state index >= 15 is 0 Å². The molecule has 0 aromatic carbocycles. The van der Waals surface area contributed by atoms with Crippen LogP contribution in [0.15, 0.2) is 0 Å². The number of carbonyl (C=O) groups is 2. The maximum absolute atomic E-state index is 11.5. The van der Waals surface area contributed by atoms with Gasteiger partial charge >= 0.3 is 0 Å². The van der Waals surface area contributed by atoms with Gasteiger partial charge in [-0.15, -0.1) is 0 Å². The molecule has 0 radical (unpaired) electrons. The number of nitrogens with one attached hydrogen (secondary N) is 1. The lowest BCUT2D eigenvalue weighted by Gasteiger charge is -2.39. The molecule has 1 saturated heterocycles. The van der Waals surface area contributed by atoms with Gasteiger partial charge in [-0.2, -0.15) is 0 Å². The van der Waals surface area contributed by atoms with Crippen LogP contribution in [0.25, 0.3) is 0 Å². The summed E-state index contributed by atoms with van der Waals surface area (Å²) < 4.78 is 6.09. The highest BCUT2D eigenvalue weighted by Crippen LogP contribution is 2.37. The second-order valence-electron chi connectivity index (χ2n) is 6.86. The van der Waals surface area contributed by atoms with E-state index in [1.165, 1.54) is 0 Å². The quantitative estimate of drug-likeness (QED) is 0.444. The molecule has 2 atom stereocenters. The van der Waals surface area contributed by atoms with E-state index in [2.05, 4.69) is 39.2 Å². The van der Waals surface area contributed by atoms with Crippen molar-refractivity contribution in [3.63, 3.8) is 0 Å². The number of amides is 1. The van der Waals surface area contributed by atoms with Crippen LogP contribution in [0.2, 0.25) is 18.1 Å². The summed E-state index contributed by atoms with van der Waals surface area (Å²) in [6.45, 7) is 11.7. The number of hydrogen-bond donors (Lipinski definition) is 1. The van der Waals surface area contributed by atoms with Gasteiger partial charge in [-0.1, -0.05) is 20.8 Å². The van der Waals surface area contributed by atoms with Crippen molar-refractivity contribution in [3.8, 4) is 0 Å². The highest BCUT2D eigenvalue weighted by molar-refractivity contribution is 6.74. The molecule has 1 aliphatic heterocycles. The van der Waals surface area contributed by atoms with Crippen molar-refractivity contribution in [1.29, 1.82) is 0 Å². The van der Waals surface area contributed by atoms with Crippen LogP contribution in [0.3, 0.4) is 0 Å². The second kappa shape index (κ2) is 6.18. The van der Waals surface area contributed by atoms with Crippen molar-refractivity contribution >= 4 is 20.5 Å². The van der Waals surface area contributed by atoms with E-state index in [0.29, 0.717) is 13.0 Å². The van der Waals surface area contributed by atoms with Gasteiger partial charge in [-0.05, 0) is 31.0 Å². The summed E-state index contributed by atoms with van der Waals surface area (Å²) in [5, 5.41) is 3.06. The van der Waals surface area contributed by atoms with E-state index in [4.69, 9.17) is 4.43 Å². The summed E-state index contributed by atoms with van der Waals surface area (Å²) in [6, 6.07) is 0.167. The molecule has 5 heteroatoms. The molecule has 1 N–H and O–H groups in total. The van der Waals surface area contributed by atoms with Crippen LogP contribution in [0.5, 0.6) is 0 Å². The minimum Gasteiger partial charge on any atom is -0.417 e. The first-order chi connectivity index (χ1) is 8.69. The van der Waals surface area contributed by atoms with Crippen molar-refractivity contribution in [1.82, 2.24) is 5.32 Å². The predicted octanol–water partition coefficient (Wildman–Crippen LogP) is 2.49. The Bertz CT molecular complexity index is 336. The van der Waals surface area contributed by atoms with E-state index in [1.54, 1.807) is 0 Å². The van der Waals surface area contributed by atoms with Gasteiger partial charge in [0.25, 0.3) is 0 Å². The Morgan fingerprint density at radius 2 is 1.95 bits per heavy atom. The van der Waals surface area contributed by atoms with Crippen molar-refractivity contribution in [3.05, 3.63) is 0 Å². The molecule has 19 heavy (non-hydrogen) atoms. The Morgan fingerprint density at radius 1 is 1.32 bits per heavy atom. The molecular weight excluding hydrogens is 258 g/mol. The number of aldehydes is 1. The third-order valence-electron chi connectivity index (χ3n) is 4.44. The average molecular weight is 285 g/mol. The number of rotatable bonds is 7. The highest BCUT2D eigenvalue weighted by Gasteiger charge is 2.40. The Kier molecular flexibility index (Phi) is 5.32. The molecule has 1 amide bonds. The Balaban J connectivity index is 2.36. The van der Waals surface area contributed by atoms with Gasteiger partial charge in [-0.3, -0.25) is 4.79 Å². The van der Waals surface area contributed by atoms with Crippen LogP contribution in [0.4, 0.5) is 0 Å². The van der Waals surface area contributed by atoms with Crippen LogP contribution in [0.1, 0.15) is 40.0 Å². The molecule has 0 aromatic rings. The lowest BCUT2D eigenvalue weighted by Crippen LogP contribution is -2.58. The average Bonchev–Trinajstić information content (AvgIpc) is 2.28. The third-order valence-corrected chi connectivity index (χ3v) is 8.98. The summed E-state index contributed by atoms with van der Waals surface area (Å²) in [6.07, 6.45) is 2.94. The smallest absolute Gasteiger partial charge is 0.225 e. The van der Waals surface area contributed by atoms with Crippen molar-refractivity contribution in [2.75, 3.05) is 6.61 Å². The van der Waals surface area contributed by atoms with Gasteiger partial charge in [0.05, 0.1) is 5.92 Å². The first-order valence-electron chi connectivity index (χ1n) is 7.07. The molecule has 0 aliphatic carbocycles. The molecule has 4 nitrogen and oxygen atoms in total. The van der Waals surface area contributed by atoms with Crippen molar-refractivity contribution < 1.29 is 14.0 Å². The molecule has 0 bridgehead atoms. The molecule has 1 fully saturated rings. The summed E-state index contributed by atoms with van der Waals surface area (Å²) >= 11 is 0. The van der Waals surface area contributed by atoms with Crippen LogP contribution in [-0.4, -0.2) is 33.2 Å². The van der Waals surface area contributed by atoms with E-state index in [-0.39, 0.29) is 22.9 Å². The molecule has 0 saturated carbocycles. The summed E-state index contributed by atoms with van der Waals surface area (Å²) in [5.41, 5.74) is 0. The molecule has 0 spiro atoms. The van der Waals surface area contributed by atoms with E-state index in [0.717, 1.165) is 19.1 Å². The first-order valence-corrected chi connectivity index (χ1v) is 9.98. The fourth-order valence-corrected chi connectivity index (χ4v) is 3.05. The Labute approximate surface area is 117 Å². The van der Waals surface area contributed by atoms with E-state index < -0.39 is 8.32 Å². The summed E-state index contributed by atoms with van der Waals surface area (Å²) in [4.78, 5) is 21.9. The van der Waals surface area contributed by atoms with Gasteiger partial charge < -0.3 is 14.5 Å². The lowest BCUT2D eigenvalue weighted by molar-refractivity contribution is -0.136. The maximum Gasteiger partial charge on any atom is 0.225 e. The number of hydrogen-bond acceptors (Lipinski definition) is 3. The van der Waals surface area contributed by atoms with Crippen LogP contribution in [-0.2, 0) is 14.0 Å². The fraction of sp³-hybridized carbons (Fsp3) is 0.857. The normalized spacial score (nSPS) is 23.7. The molecule has 1 rings (SSSR count). The molecule has 0 aromatic heterocycles.